The van der Waals surface area contributed by atoms with Crippen LogP contribution < -0.4 is 0 Å². The second-order valence-corrected chi connectivity index (χ2v) is 13.1. The van der Waals surface area contributed by atoms with E-state index in [0.717, 1.165) is 34.8 Å². The van der Waals surface area contributed by atoms with Crippen LogP contribution in [0.15, 0.2) is 140 Å². The summed E-state index contributed by atoms with van der Waals surface area (Å²) in [7, 11) is 0. The van der Waals surface area contributed by atoms with Gasteiger partial charge in [-0.25, -0.2) is 9.97 Å². The normalized spacial score (nSPS) is 15.1. The van der Waals surface area contributed by atoms with E-state index in [2.05, 4.69) is 109 Å². The lowest BCUT2D eigenvalue weighted by Gasteiger charge is -2.23. The Morgan fingerprint density at radius 1 is 0.511 bits per heavy atom. The summed E-state index contributed by atoms with van der Waals surface area (Å²) in [5.41, 5.74) is 16.6. The molecule has 4 aromatic carbocycles. The van der Waals surface area contributed by atoms with Gasteiger partial charge in [-0.15, -0.1) is 0 Å². The van der Waals surface area contributed by atoms with Crippen LogP contribution in [0.4, 0.5) is 0 Å². The average Bonchev–Trinajstić information content (AvgIpc) is 3.55. The molecule has 0 saturated heterocycles. The molecule has 0 fully saturated rings. The van der Waals surface area contributed by atoms with E-state index in [9.17, 15) is 0 Å². The van der Waals surface area contributed by atoms with E-state index in [1.54, 1.807) is 12.4 Å². The molecule has 4 heteroatoms. The molecule has 2 aliphatic rings. The van der Waals surface area contributed by atoms with Crippen LogP contribution >= 0.6 is 0 Å². The molecule has 3 heterocycles. The van der Waals surface area contributed by atoms with Crippen LogP contribution in [0.1, 0.15) is 47.6 Å². The van der Waals surface area contributed by atoms with E-state index in [4.69, 9.17) is 9.97 Å². The molecule has 224 valence electrons. The van der Waals surface area contributed by atoms with Crippen molar-refractivity contribution in [3.8, 4) is 56.4 Å². The van der Waals surface area contributed by atoms with Crippen molar-refractivity contribution < 1.29 is 0 Å². The number of rotatable bonds is 5. The Bertz CT molecular complexity index is 2250. The van der Waals surface area contributed by atoms with E-state index in [-0.39, 0.29) is 11.3 Å². The van der Waals surface area contributed by atoms with Gasteiger partial charge in [0, 0.05) is 29.3 Å². The minimum absolute atomic E-state index is 0.0378. The SMILES string of the molecule is CC1(C)c2ccccc2-c2cc3c(cc21)C(Cc1cccc(-c2cc(-c4ccccn4)nc(-c4ccccn4)n2)c1)c1ccccc1-3. The fourth-order valence-electron chi connectivity index (χ4n) is 7.66. The second-order valence-electron chi connectivity index (χ2n) is 13.1. The lowest BCUT2D eigenvalue weighted by molar-refractivity contribution is 0.658. The fourth-order valence-corrected chi connectivity index (χ4v) is 7.66. The monoisotopic (exact) mass is 604 g/mol. The third-order valence-corrected chi connectivity index (χ3v) is 9.97. The van der Waals surface area contributed by atoms with Crippen LogP contribution in [0.2, 0.25) is 0 Å². The molecule has 9 rings (SSSR count). The van der Waals surface area contributed by atoms with E-state index in [1.807, 2.05) is 42.5 Å². The van der Waals surface area contributed by atoms with Crippen molar-refractivity contribution in [2.75, 3.05) is 0 Å². The summed E-state index contributed by atoms with van der Waals surface area (Å²) < 4.78 is 0. The van der Waals surface area contributed by atoms with Crippen LogP contribution in [0.25, 0.3) is 56.4 Å². The van der Waals surface area contributed by atoms with Gasteiger partial charge in [0.05, 0.1) is 17.1 Å². The molecule has 0 spiro atoms. The highest BCUT2D eigenvalue weighted by Gasteiger charge is 2.38. The largest absolute Gasteiger partial charge is 0.255 e. The first-order valence-corrected chi connectivity index (χ1v) is 16.2. The van der Waals surface area contributed by atoms with Gasteiger partial charge in [-0.3, -0.25) is 9.97 Å². The van der Waals surface area contributed by atoms with E-state index < -0.39 is 0 Å². The molecular weight excluding hydrogens is 573 g/mol. The maximum atomic E-state index is 5.02. The molecule has 1 unspecified atom stereocenters. The lowest BCUT2D eigenvalue weighted by atomic mass is 9.80. The predicted molar refractivity (Wildman–Crippen MR) is 189 cm³/mol. The zero-order chi connectivity index (χ0) is 31.5. The Kier molecular flexibility index (Phi) is 6.26. The van der Waals surface area contributed by atoms with Gasteiger partial charge in [0.1, 0.15) is 5.69 Å². The number of pyridine rings is 2. The summed E-state index contributed by atoms with van der Waals surface area (Å²) in [6, 6.07) is 45.4. The van der Waals surface area contributed by atoms with Crippen molar-refractivity contribution in [3.05, 3.63) is 168 Å². The van der Waals surface area contributed by atoms with Crippen LogP contribution in [-0.4, -0.2) is 19.9 Å². The molecule has 47 heavy (non-hydrogen) atoms. The average molecular weight is 605 g/mol. The summed E-state index contributed by atoms with van der Waals surface area (Å²) in [6.45, 7) is 4.73. The Hall–Kier alpha value is -5.74. The molecule has 1 atom stereocenters. The van der Waals surface area contributed by atoms with Crippen molar-refractivity contribution in [1.29, 1.82) is 0 Å². The Balaban J connectivity index is 1.13. The number of hydrogen-bond acceptors (Lipinski definition) is 4. The molecule has 3 aromatic heterocycles. The van der Waals surface area contributed by atoms with Gasteiger partial charge in [0.2, 0.25) is 0 Å². The van der Waals surface area contributed by atoms with Gasteiger partial charge in [0.25, 0.3) is 0 Å². The molecular formula is C43H32N4. The minimum atomic E-state index is -0.0378. The van der Waals surface area contributed by atoms with Gasteiger partial charge in [-0.2, -0.15) is 0 Å². The molecule has 0 N–H and O–H groups in total. The topological polar surface area (TPSA) is 51.6 Å². The lowest BCUT2D eigenvalue weighted by Crippen LogP contribution is -2.15. The molecule has 0 amide bonds. The highest BCUT2D eigenvalue weighted by molar-refractivity contribution is 5.89. The van der Waals surface area contributed by atoms with E-state index >= 15 is 0 Å². The maximum Gasteiger partial charge on any atom is 0.179 e. The van der Waals surface area contributed by atoms with Gasteiger partial charge in [0.15, 0.2) is 5.82 Å². The Morgan fingerprint density at radius 2 is 1.23 bits per heavy atom. The summed E-state index contributed by atoms with van der Waals surface area (Å²) >= 11 is 0. The summed E-state index contributed by atoms with van der Waals surface area (Å²) in [5, 5.41) is 0. The van der Waals surface area contributed by atoms with Crippen LogP contribution in [0, 0.1) is 0 Å². The second kappa shape index (κ2) is 10.7. The summed E-state index contributed by atoms with van der Waals surface area (Å²) in [5.74, 6) is 0.852. The van der Waals surface area contributed by atoms with Crippen molar-refractivity contribution in [1.82, 2.24) is 19.9 Å². The summed E-state index contributed by atoms with van der Waals surface area (Å²) in [6.07, 6.45) is 4.47. The quantitative estimate of drug-likeness (QED) is 0.196. The zero-order valence-corrected chi connectivity index (χ0v) is 26.4. The number of aromatic nitrogens is 4. The maximum absolute atomic E-state index is 5.02. The Labute approximate surface area is 274 Å². The molecule has 0 bridgehead atoms. The molecule has 2 aliphatic carbocycles. The number of fused-ring (bicyclic) bond motifs is 6. The van der Waals surface area contributed by atoms with E-state index in [1.165, 1.54) is 50.1 Å². The minimum Gasteiger partial charge on any atom is -0.255 e. The van der Waals surface area contributed by atoms with Gasteiger partial charge in [-0.1, -0.05) is 98.8 Å². The Morgan fingerprint density at radius 3 is 2.04 bits per heavy atom. The first kappa shape index (κ1) is 27.6. The van der Waals surface area contributed by atoms with Crippen molar-refractivity contribution in [3.63, 3.8) is 0 Å². The van der Waals surface area contributed by atoms with Crippen LogP contribution in [0.3, 0.4) is 0 Å². The molecule has 0 saturated carbocycles. The van der Waals surface area contributed by atoms with Crippen molar-refractivity contribution in [2.24, 2.45) is 0 Å². The highest BCUT2D eigenvalue weighted by Crippen LogP contribution is 2.54. The predicted octanol–water partition coefficient (Wildman–Crippen LogP) is 9.93. The molecule has 0 aliphatic heterocycles. The van der Waals surface area contributed by atoms with Crippen LogP contribution in [-0.2, 0) is 11.8 Å². The third kappa shape index (κ3) is 4.51. The first-order chi connectivity index (χ1) is 23.0. The molecule has 7 aromatic rings. The van der Waals surface area contributed by atoms with Gasteiger partial charge in [-0.05, 0) is 99.0 Å². The smallest absolute Gasteiger partial charge is 0.179 e. The summed E-state index contributed by atoms with van der Waals surface area (Å²) in [4.78, 5) is 19.0. The van der Waals surface area contributed by atoms with Crippen molar-refractivity contribution in [2.45, 2.75) is 31.6 Å². The first-order valence-electron chi connectivity index (χ1n) is 16.2. The van der Waals surface area contributed by atoms with Gasteiger partial charge >= 0.3 is 0 Å². The van der Waals surface area contributed by atoms with E-state index in [0.29, 0.717) is 5.82 Å². The number of benzene rings is 4. The fraction of sp³-hybridized carbons (Fsp3) is 0.116. The van der Waals surface area contributed by atoms with Gasteiger partial charge < -0.3 is 0 Å². The van der Waals surface area contributed by atoms with Crippen LogP contribution in [0.5, 0.6) is 0 Å². The van der Waals surface area contributed by atoms with Crippen molar-refractivity contribution >= 4 is 0 Å². The standard InChI is InChI=1S/C43H32N4/c1-43(2)36-17-6-5-16-31(36)35-24-33-30-15-4-3-14-29(30)32(34(33)25-37(35)43)23-27-12-11-13-28(22-27)40-26-41(38-18-7-9-20-44-38)47-42(46-40)39-19-8-10-21-45-39/h3-22,24-26,32H,23H2,1-2H3. The molecule has 0 radical (unpaired) electrons. The highest BCUT2D eigenvalue weighted by atomic mass is 14.9. The molecule has 4 nitrogen and oxygen atoms in total. The number of hydrogen-bond donors (Lipinski definition) is 0. The number of nitrogens with zero attached hydrogens (tertiary/aromatic N) is 4. The zero-order valence-electron chi connectivity index (χ0n) is 26.4. The third-order valence-electron chi connectivity index (χ3n) is 9.97.